The molecule has 96 valence electrons. The molecule has 1 aromatic carbocycles. The Kier molecular flexibility index (Phi) is 3.81. The van der Waals surface area contributed by atoms with Gasteiger partial charge in [-0.25, -0.2) is 12.8 Å². The van der Waals surface area contributed by atoms with Crippen LogP contribution in [0.25, 0.3) is 0 Å². The minimum atomic E-state index is -4.82. The average Bonchev–Trinajstić information content (AvgIpc) is 2.19. The SMILES string of the molecule is CCS(=O)(=O)Cc1cccc(C(F)(F)F)c1F. The van der Waals surface area contributed by atoms with Gasteiger partial charge in [0.25, 0.3) is 0 Å². The monoisotopic (exact) mass is 270 g/mol. The molecule has 0 saturated heterocycles. The first-order valence-corrected chi connectivity index (χ1v) is 6.54. The zero-order valence-electron chi connectivity index (χ0n) is 8.88. The third-order valence-corrected chi connectivity index (χ3v) is 3.83. The summed E-state index contributed by atoms with van der Waals surface area (Å²) in [4.78, 5) is 0. The molecule has 17 heavy (non-hydrogen) atoms. The molecule has 0 fully saturated rings. The van der Waals surface area contributed by atoms with E-state index in [9.17, 15) is 26.0 Å². The highest BCUT2D eigenvalue weighted by Gasteiger charge is 2.35. The lowest BCUT2D eigenvalue weighted by atomic mass is 10.1. The average molecular weight is 270 g/mol. The predicted octanol–water partition coefficient (Wildman–Crippen LogP) is 2.78. The smallest absolute Gasteiger partial charge is 0.229 e. The van der Waals surface area contributed by atoms with Crippen molar-refractivity contribution in [1.82, 2.24) is 0 Å². The van der Waals surface area contributed by atoms with E-state index in [1.165, 1.54) is 6.92 Å². The molecule has 0 amide bonds. The third-order valence-electron chi connectivity index (χ3n) is 2.20. The molecule has 0 radical (unpaired) electrons. The lowest BCUT2D eigenvalue weighted by molar-refractivity contribution is -0.140. The van der Waals surface area contributed by atoms with Crippen molar-refractivity contribution >= 4 is 9.84 Å². The largest absolute Gasteiger partial charge is 0.419 e. The van der Waals surface area contributed by atoms with Crippen LogP contribution in [0, 0.1) is 5.82 Å². The van der Waals surface area contributed by atoms with Gasteiger partial charge in [-0.3, -0.25) is 0 Å². The Bertz CT molecular complexity index is 506. The van der Waals surface area contributed by atoms with Crippen molar-refractivity contribution in [2.75, 3.05) is 5.75 Å². The number of sulfone groups is 1. The van der Waals surface area contributed by atoms with Crippen LogP contribution in [0.4, 0.5) is 17.6 Å². The molecule has 0 atom stereocenters. The van der Waals surface area contributed by atoms with Gasteiger partial charge in [-0.05, 0) is 6.07 Å². The van der Waals surface area contributed by atoms with Gasteiger partial charge in [-0.2, -0.15) is 13.2 Å². The van der Waals surface area contributed by atoms with Gasteiger partial charge >= 0.3 is 6.18 Å². The van der Waals surface area contributed by atoms with Gasteiger partial charge in [0.2, 0.25) is 0 Å². The van der Waals surface area contributed by atoms with E-state index in [1.807, 2.05) is 0 Å². The van der Waals surface area contributed by atoms with Gasteiger partial charge < -0.3 is 0 Å². The molecule has 0 aliphatic rings. The number of rotatable bonds is 3. The molecule has 2 nitrogen and oxygen atoms in total. The maximum atomic E-state index is 13.5. The van der Waals surface area contributed by atoms with Gasteiger partial charge in [-0.1, -0.05) is 19.1 Å². The van der Waals surface area contributed by atoms with Gasteiger partial charge in [0, 0.05) is 11.3 Å². The Morgan fingerprint density at radius 2 is 1.82 bits per heavy atom. The molecule has 0 aliphatic heterocycles. The number of hydrogen-bond donors (Lipinski definition) is 0. The normalized spacial score (nSPS) is 12.8. The van der Waals surface area contributed by atoms with E-state index in [1.54, 1.807) is 0 Å². The molecule has 1 rings (SSSR count). The zero-order valence-corrected chi connectivity index (χ0v) is 9.70. The summed E-state index contributed by atoms with van der Waals surface area (Å²) in [5.41, 5.74) is -1.90. The fourth-order valence-corrected chi connectivity index (χ4v) is 2.15. The Labute approximate surface area is 96.2 Å². The highest BCUT2D eigenvalue weighted by Crippen LogP contribution is 2.32. The standard InChI is InChI=1S/C10H10F4O2S/c1-2-17(15,16)6-7-4-3-5-8(9(7)11)10(12,13)14/h3-5H,2,6H2,1H3. The Morgan fingerprint density at radius 3 is 2.29 bits per heavy atom. The molecule has 0 aromatic heterocycles. The molecule has 0 spiro atoms. The number of halogens is 4. The second-order valence-electron chi connectivity index (χ2n) is 3.45. The fourth-order valence-electron chi connectivity index (χ4n) is 1.25. The molecule has 0 aliphatic carbocycles. The molecule has 0 heterocycles. The number of benzene rings is 1. The van der Waals surface area contributed by atoms with Crippen LogP contribution < -0.4 is 0 Å². The Balaban J connectivity index is 3.21. The maximum Gasteiger partial charge on any atom is 0.419 e. The van der Waals surface area contributed by atoms with Crippen LogP contribution in [0.2, 0.25) is 0 Å². The summed E-state index contributed by atoms with van der Waals surface area (Å²) in [5, 5.41) is 0. The van der Waals surface area contributed by atoms with E-state index in [2.05, 4.69) is 0 Å². The van der Waals surface area contributed by atoms with Crippen LogP contribution in [0.15, 0.2) is 18.2 Å². The molecule has 0 unspecified atom stereocenters. The molecule has 7 heteroatoms. The lowest BCUT2D eigenvalue weighted by Gasteiger charge is -2.10. The van der Waals surface area contributed by atoms with Crippen molar-refractivity contribution in [1.29, 1.82) is 0 Å². The van der Waals surface area contributed by atoms with Gasteiger partial charge in [0.15, 0.2) is 9.84 Å². The van der Waals surface area contributed by atoms with Gasteiger partial charge in [0.1, 0.15) is 5.82 Å². The van der Waals surface area contributed by atoms with Gasteiger partial charge in [-0.15, -0.1) is 0 Å². The van der Waals surface area contributed by atoms with Crippen LogP contribution in [0.5, 0.6) is 0 Å². The first-order chi connectivity index (χ1) is 7.67. The van der Waals surface area contributed by atoms with E-state index in [4.69, 9.17) is 0 Å². The van der Waals surface area contributed by atoms with Crippen molar-refractivity contribution in [3.05, 3.63) is 35.1 Å². The first kappa shape index (κ1) is 14.0. The van der Waals surface area contributed by atoms with Crippen molar-refractivity contribution < 1.29 is 26.0 Å². The summed E-state index contributed by atoms with van der Waals surface area (Å²) < 4.78 is 73.0. The van der Waals surface area contributed by atoms with Crippen LogP contribution in [0.1, 0.15) is 18.1 Å². The summed E-state index contributed by atoms with van der Waals surface area (Å²) in [6, 6.07) is 2.61. The van der Waals surface area contributed by atoms with Crippen molar-refractivity contribution in [2.45, 2.75) is 18.9 Å². The summed E-state index contributed by atoms with van der Waals surface area (Å²) in [7, 11) is -3.56. The van der Waals surface area contributed by atoms with Crippen LogP contribution >= 0.6 is 0 Å². The second kappa shape index (κ2) is 4.64. The molecular weight excluding hydrogens is 260 g/mol. The lowest BCUT2D eigenvalue weighted by Crippen LogP contribution is -2.13. The molecule has 0 bridgehead atoms. The van der Waals surface area contributed by atoms with E-state index >= 15 is 0 Å². The highest BCUT2D eigenvalue weighted by atomic mass is 32.2. The number of alkyl halides is 3. The minimum absolute atomic E-state index is 0.247. The predicted molar refractivity (Wildman–Crippen MR) is 54.6 cm³/mol. The second-order valence-corrected chi connectivity index (χ2v) is 5.81. The van der Waals surface area contributed by atoms with E-state index < -0.39 is 38.7 Å². The molecule has 1 aromatic rings. The Hall–Kier alpha value is -1.11. The molecular formula is C10H10F4O2S. The van der Waals surface area contributed by atoms with E-state index in [-0.39, 0.29) is 5.75 Å². The Morgan fingerprint density at radius 1 is 1.24 bits per heavy atom. The maximum absolute atomic E-state index is 13.5. The summed E-state index contributed by atoms with van der Waals surface area (Å²) >= 11 is 0. The number of hydrogen-bond acceptors (Lipinski definition) is 2. The first-order valence-electron chi connectivity index (χ1n) is 4.72. The quantitative estimate of drug-likeness (QED) is 0.791. The molecule has 0 N–H and O–H groups in total. The summed E-state index contributed by atoms with van der Waals surface area (Å²) in [5.74, 6) is -2.49. The molecule has 0 saturated carbocycles. The van der Waals surface area contributed by atoms with E-state index in [0.717, 1.165) is 12.1 Å². The summed E-state index contributed by atoms with van der Waals surface area (Å²) in [6.07, 6.45) is -4.82. The highest BCUT2D eigenvalue weighted by molar-refractivity contribution is 7.90. The summed E-state index contributed by atoms with van der Waals surface area (Å²) in [6.45, 7) is 1.35. The van der Waals surface area contributed by atoms with Crippen molar-refractivity contribution in [3.63, 3.8) is 0 Å². The van der Waals surface area contributed by atoms with Crippen LogP contribution in [0.3, 0.4) is 0 Å². The minimum Gasteiger partial charge on any atom is -0.229 e. The van der Waals surface area contributed by atoms with Gasteiger partial charge in [0.05, 0.1) is 11.3 Å². The van der Waals surface area contributed by atoms with Crippen LogP contribution in [-0.4, -0.2) is 14.2 Å². The fraction of sp³-hybridized carbons (Fsp3) is 0.400. The van der Waals surface area contributed by atoms with Crippen LogP contribution in [-0.2, 0) is 21.8 Å². The van der Waals surface area contributed by atoms with E-state index in [0.29, 0.717) is 6.07 Å². The van der Waals surface area contributed by atoms with Crippen molar-refractivity contribution in [3.8, 4) is 0 Å². The zero-order chi connectivity index (χ0) is 13.3. The van der Waals surface area contributed by atoms with Crippen molar-refractivity contribution in [2.24, 2.45) is 0 Å². The third kappa shape index (κ3) is 3.42. The topological polar surface area (TPSA) is 34.1 Å².